The van der Waals surface area contributed by atoms with Crippen LogP contribution in [0.15, 0.2) is 60.7 Å². The number of ether oxygens (including phenoxy) is 1. The molecule has 3 aromatic carbocycles. The molecular formula is C42H50ClN3O6. The molecule has 0 spiro atoms. The Morgan fingerprint density at radius 1 is 0.808 bits per heavy atom. The molecule has 0 radical (unpaired) electrons. The van der Waals surface area contributed by atoms with Gasteiger partial charge in [-0.1, -0.05) is 37.1 Å². The van der Waals surface area contributed by atoms with Crippen molar-refractivity contribution in [1.82, 2.24) is 9.48 Å². The fraction of sp³-hybridized carbons (Fsp3) is 0.429. The van der Waals surface area contributed by atoms with E-state index in [1.807, 2.05) is 12.1 Å². The zero-order valence-corrected chi connectivity index (χ0v) is 32.4. The number of hydrogen-bond donors (Lipinski definition) is 0. The number of anilines is 1. The maximum absolute atomic E-state index is 14.4. The van der Waals surface area contributed by atoms with E-state index in [9.17, 15) is 4.79 Å². The molecule has 4 heterocycles. The highest BCUT2D eigenvalue weighted by atomic mass is 35.7. The Balaban J connectivity index is 0.000000870. The maximum atomic E-state index is 14.4. The number of likely N-dealkylation sites (tertiary alicyclic amines) is 1. The summed E-state index contributed by atoms with van der Waals surface area (Å²) in [5.74, 6) is 1.82. The van der Waals surface area contributed by atoms with Gasteiger partial charge in [0.2, 0.25) is 5.36 Å². The summed E-state index contributed by atoms with van der Waals surface area (Å²) in [5, 5.41) is 2.24. The van der Waals surface area contributed by atoms with Gasteiger partial charge in [0.15, 0.2) is 5.54 Å². The highest BCUT2D eigenvalue weighted by Crippen LogP contribution is 2.46. The standard InChI is InChI=1S/C42H50N3O2.ClHO4/c1-9-44-35-23-37-33(21-31(35)27(3)25-41(44,5)6)39(29-17-13-14-18-30(29)40(46)43-19-15-11-12-16-20-43)34-22-32-28(4)26-42(7,8)45(10-2)36(32)24-38(34)47-37;2-1(3,4)5/h13-14,17-18,21-26H,9-12,15-16,19-20H2,1-8H3;(H,2,3,4,5)/q+1;/p-1. The number of allylic oxidation sites excluding steroid dienone is 2. The number of amides is 1. The van der Waals surface area contributed by atoms with Crippen LogP contribution in [0.4, 0.5) is 5.69 Å². The van der Waals surface area contributed by atoms with Gasteiger partial charge in [0.25, 0.3) is 5.91 Å². The Morgan fingerprint density at radius 2 is 1.44 bits per heavy atom. The van der Waals surface area contributed by atoms with Crippen molar-refractivity contribution >= 4 is 28.3 Å². The Kier molecular flexibility index (Phi) is 10.2. The van der Waals surface area contributed by atoms with Gasteiger partial charge in [0.05, 0.1) is 11.6 Å². The van der Waals surface area contributed by atoms with E-state index in [2.05, 4.69) is 118 Å². The zero-order chi connectivity index (χ0) is 37.7. The second-order valence-electron chi connectivity index (χ2n) is 15.3. The van der Waals surface area contributed by atoms with E-state index in [-0.39, 0.29) is 17.0 Å². The van der Waals surface area contributed by atoms with Crippen LogP contribution in [0.2, 0.25) is 0 Å². The first-order valence-electron chi connectivity index (χ1n) is 18.3. The molecule has 0 aliphatic carbocycles. The molecule has 0 N–H and O–H groups in total. The minimum Gasteiger partial charge on any atom is -0.456 e. The predicted octanol–water partition coefficient (Wildman–Crippen LogP) is 3.03. The molecule has 0 bridgehead atoms. The minimum atomic E-state index is -4.94. The van der Waals surface area contributed by atoms with Gasteiger partial charge in [-0.05, 0) is 95.4 Å². The molecule has 4 aliphatic rings. The van der Waals surface area contributed by atoms with Crippen molar-refractivity contribution < 1.29 is 38.4 Å². The first-order valence-corrected chi connectivity index (χ1v) is 19.6. The van der Waals surface area contributed by atoms with Crippen LogP contribution in [-0.2, 0) is 0 Å². The van der Waals surface area contributed by atoms with Crippen molar-refractivity contribution in [1.29, 1.82) is 0 Å². The van der Waals surface area contributed by atoms with Gasteiger partial charge in [-0.15, -0.1) is 10.2 Å². The molecule has 10 heteroatoms. The number of halogens is 1. The van der Waals surface area contributed by atoms with Crippen molar-refractivity contribution in [2.24, 2.45) is 0 Å². The van der Waals surface area contributed by atoms with E-state index in [1.54, 1.807) is 0 Å². The minimum absolute atomic E-state index is 0.110. The molecule has 0 saturated carbocycles. The third kappa shape index (κ3) is 7.17. The normalized spacial score (nSPS) is 18.7. The zero-order valence-electron chi connectivity index (χ0n) is 31.6. The highest BCUT2D eigenvalue weighted by Gasteiger charge is 2.36. The fourth-order valence-electron chi connectivity index (χ4n) is 8.81. The van der Waals surface area contributed by atoms with Crippen molar-refractivity contribution in [3.8, 4) is 11.5 Å². The molecule has 0 unspecified atom stereocenters. The van der Waals surface area contributed by atoms with E-state index >= 15 is 0 Å². The molecule has 7 rings (SSSR count). The molecule has 0 atom stereocenters. The first kappa shape index (κ1) is 37.8. The smallest absolute Gasteiger partial charge is 0.254 e. The lowest BCUT2D eigenvalue weighted by Crippen LogP contribution is -2.68. The Bertz CT molecular complexity index is 2100. The molecular weight excluding hydrogens is 678 g/mol. The molecule has 276 valence electrons. The lowest BCUT2D eigenvalue weighted by Gasteiger charge is -2.43. The summed E-state index contributed by atoms with van der Waals surface area (Å²) in [6.45, 7) is 21.4. The number of likely N-dealkylation sites (N-methyl/N-ethyl adjacent to an activating group) is 2. The average Bonchev–Trinajstić information content (AvgIpc) is 3.34. The lowest BCUT2D eigenvalue weighted by molar-refractivity contribution is -2.00. The van der Waals surface area contributed by atoms with Crippen LogP contribution in [0, 0.1) is 10.2 Å². The summed E-state index contributed by atoms with van der Waals surface area (Å²) in [5.41, 5.74) is 9.81. The Hall–Kier alpha value is -3.99. The van der Waals surface area contributed by atoms with Crippen LogP contribution in [0.5, 0.6) is 11.5 Å². The largest absolute Gasteiger partial charge is 0.456 e. The van der Waals surface area contributed by atoms with Gasteiger partial charge in [-0.25, -0.2) is 23.2 Å². The molecule has 4 aliphatic heterocycles. The number of rotatable bonds is 4. The van der Waals surface area contributed by atoms with E-state index in [0.717, 1.165) is 78.0 Å². The van der Waals surface area contributed by atoms with Gasteiger partial charge in [0.1, 0.15) is 18.0 Å². The molecule has 1 amide bonds. The van der Waals surface area contributed by atoms with Crippen molar-refractivity contribution in [3.05, 3.63) is 99.1 Å². The van der Waals surface area contributed by atoms with Crippen LogP contribution in [0.1, 0.15) is 114 Å². The third-order valence-electron chi connectivity index (χ3n) is 10.9. The first-order chi connectivity index (χ1) is 24.4. The van der Waals surface area contributed by atoms with Crippen LogP contribution >= 0.6 is 0 Å². The SMILES string of the molecule is CCN1c2cc3c(cc2C(C)=CC1(C)C)C(c1ccccc1C(=O)N1CCCCCC1)=c1cc2c(cc1O3)=[N+](CC)C(C)(C)C=C2C.[O-][Cl+3]([O-])([O-])[O-]. The summed E-state index contributed by atoms with van der Waals surface area (Å²) in [7, 11) is -4.94. The van der Waals surface area contributed by atoms with Crippen molar-refractivity contribution in [2.45, 2.75) is 92.2 Å². The number of fused-ring (bicyclic) bond motifs is 4. The summed E-state index contributed by atoms with van der Waals surface area (Å²) in [4.78, 5) is 18.9. The van der Waals surface area contributed by atoms with E-state index < -0.39 is 10.2 Å². The topological polar surface area (TPSA) is 128 Å². The molecule has 9 nitrogen and oxygen atoms in total. The summed E-state index contributed by atoms with van der Waals surface area (Å²) < 4.78 is 43.4. The van der Waals surface area contributed by atoms with E-state index in [0.29, 0.717) is 0 Å². The van der Waals surface area contributed by atoms with Crippen LogP contribution in [0.25, 0.3) is 16.7 Å². The molecule has 3 aromatic rings. The Labute approximate surface area is 309 Å². The molecule has 0 aromatic heterocycles. The summed E-state index contributed by atoms with van der Waals surface area (Å²) in [6, 6.07) is 17.4. The number of carbonyl (C=O) groups excluding carboxylic acids is 1. The van der Waals surface area contributed by atoms with Gasteiger partial charge in [-0.2, -0.15) is 0 Å². The summed E-state index contributed by atoms with van der Waals surface area (Å²) >= 11 is 0. The maximum Gasteiger partial charge on any atom is 0.254 e. The third-order valence-corrected chi connectivity index (χ3v) is 10.9. The van der Waals surface area contributed by atoms with Gasteiger partial charge < -0.3 is 14.5 Å². The van der Waals surface area contributed by atoms with E-state index in [4.69, 9.17) is 23.4 Å². The lowest BCUT2D eigenvalue weighted by atomic mass is 9.83. The second kappa shape index (κ2) is 14.1. The quantitative estimate of drug-likeness (QED) is 0.296. The highest BCUT2D eigenvalue weighted by molar-refractivity contribution is 6.02. The number of nitrogens with zero attached hydrogens (tertiary/aromatic N) is 3. The number of carbonyl (C=O) groups is 1. The molecule has 1 saturated heterocycles. The van der Waals surface area contributed by atoms with E-state index in [1.165, 1.54) is 46.2 Å². The second-order valence-corrected chi connectivity index (χ2v) is 16.0. The molecule has 1 fully saturated rings. The number of hydrogen-bond acceptors (Lipinski definition) is 7. The van der Waals surface area contributed by atoms with Gasteiger partial charge in [-0.3, -0.25) is 4.79 Å². The number of benzene rings is 3. The van der Waals surface area contributed by atoms with Gasteiger partial charge in [0, 0.05) is 78.3 Å². The van der Waals surface area contributed by atoms with Crippen LogP contribution in [-0.4, -0.2) is 48.1 Å². The van der Waals surface area contributed by atoms with Crippen molar-refractivity contribution in [2.75, 3.05) is 31.1 Å². The Morgan fingerprint density at radius 3 is 2.08 bits per heavy atom. The van der Waals surface area contributed by atoms with Gasteiger partial charge >= 0.3 is 0 Å². The van der Waals surface area contributed by atoms with Crippen LogP contribution < -0.4 is 43.4 Å². The van der Waals surface area contributed by atoms with Crippen LogP contribution in [0.3, 0.4) is 0 Å². The fourth-order valence-corrected chi connectivity index (χ4v) is 8.81. The molecule has 52 heavy (non-hydrogen) atoms. The van der Waals surface area contributed by atoms with Crippen molar-refractivity contribution in [3.63, 3.8) is 0 Å². The average molecular weight is 728 g/mol. The predicted molar refractivity (Wildman–Crippen MR) is 195 cm³/mol. The monoisotopic (exact) mass is 727 g/mol. The summed E-state index contributed by atoms with van der Waals surface area (Å²) in [6.07, 6.45) is 9.26.